The number of amides is 1. The van der Waals surface area contributed by atoms with E-state index in [-0.39, 0.29) is 5.91 Å². The molecule has 4 rings (SSSR count). The van der Waals surface area contributed by atoms with Crippen molar-refractivity contribution in [3.8, 4) is 6.07 Å². The molecule has 140 valence electrons. The summed E-state index contributed by atoms with van der Waals surface area (Å²) in [4.78, 5) is 19.8. The van der Waals surface area contributed by atoms with Crippen molar-refractivity contribution in [1.29, 1.82) is 5.26 Å². The summed E-state index contributed by atoms with van der Waals surface area (Å²) in [5.41, 5.74) is 3.33. The van der Waals surface area contributed by atoms with Crippen molar-refractivity contribution in [1.82, 2.24) is 9.80 Å². The van der Waals surface area contributed by atoms with Gasteiger partial charge in [0.25, 0.3) is 5.91 Å². The smallest absolute Gasteiger partial charge is 0.263 e. The number of benzene rings is 1. The van der Waals surface area contributed by atoms with Gasteiger partial charge in [-0.15, -0.1) is 11.3 Å². The largest absolute Gasteiger partial charge is 0.337 e. The molecule has 2 aliphatic rings. The summed E-state index contributed by atoms with van der Waals surface area (Å²) >= 11 is 1.72. The predicted octanol–water partition coefficient (Wildman–Crippen LogP) is 3.85. The molecule has 0 radical (unpaired) electrons. The Bertz CT molecular complexity index is 826. The number of aryl methyl sites for hydroxylation is 2. The van der Waals surface area contributed by atoms with E-state index in [0.29, 0.717) is 5.56 Å². The number of carbonyl (C=O) groups is 1. The van der Waals surface area contributed by atoms with Gasteiger partial charge in [-0.05, 0) is 61.4 Å². The molecule has 1 aliphatic heterocycles. The van der Waals surface area contributed by atoms with Gasteiger partial charge in [0.05, 0.1) is 16.5 Å². The summed E-state index contributed by atoms with van der Waals surface area (Å²) in [7, 11) is 0. The number of nitriles is 1. The first kappa shape index (κ1) is 18.2. The Kier molecular flexibility index (Phi) is 5.56. The summed E-state index contributed by atoms with van der Waals surface area (Å²) in [6.07, 6.45) is 5.80. The molecule has 0 spiro atoms. The normalized spacial score (nSPS) is 17.8. The highest BCUT2D eigenvalue weighted by Crippen LogP contribution is 2.30. The van der Waals surface area contributed by atoms with E-state index < -0.39 is 0 Å². The Morgan fingerprint density at radius 3 is 2.63 bits per heavy atom. The van der Waals surface area contributed by atoms with E-state index in [4.69, 9.17) is 5.26 Å². The lowest BCUT2D eigenvalue weighted by Gasteiger charge is -2.21. The molecule has 0 unspecified atom stereocenters. The zero-order valence-electron chi connectivity index (χ0n) is 15.6. The highest BCUT2D eigenvalue weighted by Gasteiger charge is 2.23. The lowest BCUT2D eigenvalue weighted by atomic mass is 9.99. The standard InChI is InChI=1S/C22H25N3OS/c23-15-17-6-8-18(9-7-17)16-24-10-3-11-25(13-12-24)22(26)21-14-19-4-1-2-5-20(19)27-21/h6-9,14H,1-5,10-13,16H2. The van der Waals surface area contributed by atoms with Crippen LogP contribution in [0.25, 0.3) is 0 Å². The van der Waals surface area contributed by atoms with Gasteiger partial charge < -0.3 is 4.90 Å². The average molecular weight is 380 g/mol. The van der Waals surface area contributed by atoms with Gasteiger partial charge in [0.1, 0.15) is 0 Å². The second-order valence-corrected chi connectivity index (χ2v) is 8.63. The highest BCUT2D eigenvalue weighted by molar-refractivity contribution is 7.14. The Morgan fingerprint density at radius 1 is 1.04 bits per heavy atom. The number of rotatable bonds is 3. The molecule has 1 fully saturated rings. The number of hydrogen-bond acceptors (Lipinski definition) is 4. The Morgan fingerprint density at radius 2 is 1.85 bits per heavy atom. The molecule has 0 atom stereocenters. The molecule has 1 aromatic heterocycles. The topological polar surface area (TPSA) is 47.3 Å². The number of fused-ring (bicyclic) bond motifs is 1. The van der Waals surface area contributed by atoms with Crippen LogP contribution in [-0.4, -0.2) is 41.9 Å². The lowest BCUT2D eigenvalue weighted by molar-refractivity contribution is 0.0766. The molecule has 0 saturated carbocycles. The van der Waals surface area contributed by atoms with Crippen LogP contribution in [0, 0.1) is 11.3 Å². The molecule has 1 amide bonds. The first-order chi connectivity index (χ1) is 13.2. The van der Waals surface area contributed by atoms with E-state index >= 15 is 0 Å². The van der Waals surface area contributed by atoms with Crippen molar-refractivity contribution in [2.24, 2.45) is 0 Å². The van der Waals surface area contributed by atoms with Crippen LogP contribution in [0.2, 0.25) is 0 Å². The SMILES string of the molecule is N#Cc1ccc(CN2CCCN(C(=O)c3cc4c(s3)CCCC4)CC2)cc1. The van der Waals surface area contributed by atoms with Crippen molar-refractivity contribution in [2.75, 3.05) is 26.2 Å². The van der Waals surface area contributed by atoms with Crippen molar-refractivity contribution < 1.29 is 4.79 Å². The van der Waals surface area contributed by atoms with Gasteiger partial charge in [0.15, 0.2) is 0 Å². The van der Waals surface area contributed by atoms with E-state index in [1.165, 1.54) is 28.8 Å². The molecule has 1 aliphatic carbocycles. The zero-order valence-corrected chi connectivity index (χ0v) is 16.4. The number of nitrogens with zero attached hydrogens (tertiary/aromatic N) is 3. The highest BCUT2D eigenvalue weighted by atomic mass is 32.1. The maximum absolute atomic E-state index is 13.0. The van der Waals surface area contributed by atoms with Crippen molar-refractivity contribution >= 4 is 17.2 Å². The second-order valence-electron chi connectivity index (χ2n) is 7.50. The molecule has 2 aromatic rings. The van der Waals surface area contributed by atoms with E-state index in [1.54, 1.807) is 11.3 Å². The van der Waals surface area contributed by atoms with Crippen LogP contribution < -0.4 is 0 Å². The fourth-order valence-corrected chi connectivity index (χ4v) is 5.25. The van der Waals surface area contributed by atoms with Gasteiger partial charge in [-0.3, -0.25) is 9.69 Å². The molecular formula is C22H25N3OS. The van der Waals surface area contributed by atoms with E-state index in [0.717, 1.165) is 56.9 Å². The van der Waals surface area contributed by atoms with E-state index in [9.17, 15) is 4.79 Å². The van der Waals surface area contributed by atoms with Gasteiger partial charge in [0, 0.05) is 37.6 Å². The third-order valence-electron chi connectivity index (χ3n) is 5.57. The van der Waals surface area contributed by atoms with Crippen LogP contribution in [0.15, 0.2) is 30.3 Å². The Labute approximate surface area is 165 Å². The molecule has 1 aromatic carbocycles. The summed E-state index contributed by atoms with van der Waals surface area (Å²) in [5.74, 6) is 0.217. The first-order valence-electron chi connectivity index (χ1n) is 9.85. The second kappa shape index (κ2) is 8.24. The number of carbonyl (C=O) groups excluding carboxylic acids is 1. The summed E-state index contributed by atoms with van der Waals surface area (Å²) < 4.78 is 0. The Balaban J connectivity index is 1.37. The van der Waals surface area contributed by atoms with Gasteiger partial charge in [0.2, 0.25) is 0 Å². The molecule has 0 bridgehead atoms. The van der Waals surface area contributed by atoms with Gasteiger partial charge in [-0.25, -0.2) is 0 Å². The quantitative estimate of drug-likeness (QED) is 0.814. The summed E-state index contributed by atoms with van der Waals surface area (Å²) in [5, 5.41) is 8.92. The Hall–Kier alpha value is -2.16. The monoisotopic (exact) mass is 379 g/mol. The van der Waals surface area contributed by atoms with Crippen LogP contribution in [0.5, 0.6) is 0 Å². The van der Waals surface area contributed by atoms with Crippen molar-refractivity contribution in [3.05, 3.63) is 56.8 Å². The van der Waals surface area contributed by atoms with Crippen LogP contribution in [-0.2, 0) is 19.4 Å². The fraction of sp³-hybridized carbons (Fsp3) is 0.455. The average Bonchev–Trinajstić information content (AvgIpc) is 3.01. The van der Waals surface area contributed by atoms with Gasteiger partial charge in [-0.1, -0.05) is 12.1 Å². The number of thiophene rings is 1. The third-order valence-corrected chi connectivity index (χ3v) is 6.80. The number of hydrogen-bond donors (Lipinski definition) is 0. The minimum Gasteiger partial charge on any atom is -0.337 e. The zero-order chi connectivity index (χ0) is 18.6. The minimum atomic E-state index is 0.217. The molecule has 27 heavy (non-hydrogen) atoms. The van der Waals surface area contributed by atoms with E-state index in [1.807, 2.05) is 29.2 Å². The molecular weight excluding hydrogens is 354 g/mol. The van der Waals surface area contributed by atoms with Gasteiger partial charge in [-0.2, -0.15) is 5.26 Å². The molecule has 5 heteroatoms. The molecule has 2 heterocycles. The predicted molar refractivity (Wildman–Crippen MR) is 108 cm³/mol. The molecule has 4 nitrogen and oxygen atoms in total. The summed E-state index contributed by atoms with van der Waals surface area (Å²) in [6, 6.07) is 12.1. The van der Waals surface area contributed by atoms with Crippen LogP contribution in [0.3, 0.4) is 0 Å². The van der Waals surface area contributed by atoms with E-state index in [2.05, 4.69) is 17.0 Å². The van der Waals surface area contributed by atoms with Crippen LogP contribution in [0.1, 0.15) is 50.5 Å². The maximum atomic E-state index is 13.0. The maximum Gasteiger partial charge on any atom is 0.263 e. The van der Waals surface area contributed by atoms with Crippen LogP contribution in [0.4, 0.5) is 0 Å². The van der Waals surface area contributed by atoms with Crippen molar-refractivity contribution in [3.63, 3.8) is 0 Å². The fourth-order valence-electron chi connectivity index (χ4n) is 4.03. The molecule has 0 N–H and O–H groups in total. The lowest BCUT2D eigenvalue weighted by Crippen LogP contribution is -2.34. The van der Waals surface area contributed by atoms with Crippen LogP contribution >= 0.6 is 11.3 Å². The van der Waals surface area contributed by atoms with Gasteiger partial charge >= 0.3 is 0 Å². The minimum absolute atomic E-state index is 0.217. The summed E-state index contributed by atoms with van der Waals surface area (Å²) in [6.45, 7) is 4.41. The molecule has 1 saturated heterocycles. The van der Waals surface area contributed by atoms with Crippen molar-refractivity contribution in [2.45, 2.75) is 38.6 Å². The third kappa shape index (κ3) is 4.23. The first-order valence-corrected chi connectivity index (χ1v) is 10.7.